The molecule has 1 atom stereocenters. The number of hydrogen-bond acceptors (Lipinski definition) is 6. The number of hydrogen-bond donors (Lipinski definition) is 1. The Bertz CT molecular complexity index is 1000. The van der Waals surface area contributed by atoms with Crippen LogP contribution in [0.3, 0.4) is 0 Å². The fraction of sp³-hybridized carbons (Fsp3) is 0.190. The molecule has 1 amide bonds. The Balaban J connectivity index is 1.34. The van der Waals surface area contributed by atoms with E-state index in [1.807, 2.05) is 36.4 Å². The van der Waals surface area contributed by atoms with Gasteiger partial charge in [0.15, 0.2) is 11.5 Å². The first-order valence-corrected chi connectivity index (χ1v) is 9.75. The Morgan fingerprint density at radius 2 is 2.00 bits per heavy atom. The van der Waals surface area contributed by atoms with Crippen LogP contribution in [-0.4, -0.2) is 22.9 Å². The van der Waals surface area contributed by atoms with Gasteiger partial charge in [0.25, 0.3) is 0 Å². The Morgan fingerprint density at radius 3 is 2.86 bits per heavy atom. The van der Waals surface area contributed by atoms with Crippen molar-refractivity contribution in [3.05, 3.63) is 70.7 Å². The quantitative estimate of drug-likeness (QED) is 0.633. The molecule has 2 aromatic carbocycles. The third-order valence-electron chi connectivity index (χ3n) is 4.37. The molecular weight excluding hydrogens is 374 g/mol. The Morgan fingerprint density at radius 1 is 1.18 bits per heavy atom. The lowest BCUT2D eigenvalue weighted by molar-refractivity contribution is -0.111. The van der Waals surface area contributed by atoms with Crippen LogP contribution in [0, 0.1) is 0 Å². The van der Waals surface area contributed by atoms with E-state index in [0.29, 0.717) is 22.5 Å². The SMILES string of the molecule is CC(Cc1nnc(NC(=O)/C=C/c2ccc3c(c2)OCO3)s1)c1ccccc1. The van der Waals surface area contributed by atoms with Crippen LogP contribution in [-0.2, 0) is 11.2 Å². The molecule has 4 rings (SSSR count). The predicted octanol–water partition coefficient (Wildman–Crippen LogP) is 4.26. The van der Waals surface area contributed by atoms with Crippen LogP contribution in [0.5, 0.6) is 11.5 Å². The summed E-state index contributed by atoms with van der Waals surface area (Å²) in [4.78, 5) is 12.2. The topological polar surface area (TPSA) is 73.3 Å². The van der Waals surface area contributed by atoms with Gasteiger partial charge in [-0.2, -0.15) is 0 Å². The molecule has 28 heavy (non-hydrogen) atoms. The number of fused-ring (bicyclic) bond motifs is 1. The number of carbonyl (C=O) groups excluding carboxylic acids is 1. The van der Waals surface area contributed by atoms with E-state index in [0.717, 1.165) is 17.0 Å². The summed E-state index contributed by atoms with van der Waals surface area (Å²) in [6.07, 6.45) is 3.96. The number of carbonyl (C=O) groups is 1. The lowest BCUT2D eigenvalue weighted by atomic mass is 9.98. The minimum absolute atomic E-state index is 0.227. The fourth-order valence-corrected chi connectivity index (χ4v) is 3.76. The molecule has 1 N–H and O–H groups in total. The van der Waals surface area contributed by atoms with Crippen LogP contribution in [0.25, 0.3) is 6.08 Å². The molecule has 2 heterocycles. The number of nitrogens with zero attached hydrogens (tertiary/aromatic N) is 2. The molecule has 0 fully saturated rings. The molecule has 0 spiro atoms. The second-order valence-corrected chi connectivity index (χ2v) is 7.51. The minimum Gasteiger partial charge on any atom is -0.454 e. The molecule has 1 aliphatic heterocycles. The van der Waals surface area contributed by atoms with E-state index >= 15 is 0 Å². The highest BCUT2D eigenvalue weighted by Crippen LogP contribution is 2.32. The highest BCUT2D eigenvalue weighted by atomic mass is 32.1. The number of rotatable bonds is 6. The van der Waals surface area contributed by atoms with Gasteiger partial charge < -0.3 is 9.47 Å². The monoisotopic (exact) mass is 393 g/mol. The molecule has 6 nitrogen and oxygen atoms in total. The van der Waals surface area contributed by atoms with Crippen molar-refractivity contribution in [1.82, 2.24) is 10.2 Å². The largest absolute Gasteiger partial charge is 0.454 e. The van der Waals surface area contributed by atoms with Crippen LogP contribution >= 0.6 is 11.3 Å². The van der Waals surface area contributed by atoms with Crippen molar-refractivity contribution in [2.75, 3.05) is 12.1 Å². The number of anilines is 1. The van der Waals surface area contributed by atoms with E-state index < -0.39 is 0 Å². The average Bonchev–Trinajstić information content (AvgIpc) is 3.36. The van der Waals surface area contributed by atoms with Gasteiger partial charge in [-0.05, 0) is 35.3 Å². The lowest BCUT2D eigenvalue weighted by Gasteiger charge is -2.08. The zero-order chi connectivity index (χ0) is 19.3. The number of amides is 1. The van der Waals surface area contributed by atoms with Gasteiger partial charge in [0.1, 0.15) is 5.01 Å². The Kier molecular flexibility index (Phi) is 5.34. The summed E-state index contributed by atoms with van der Waals surface area (Å²) in [7, 11) is 0. The maximum absolute atomic E-state index is 12.2. The third kappa shape index (κ3) is 4.37. The minimum atomic E-state index is -0.253. The first-order valence-electron chi connectivity index (χ1n) is 8.93. The molecule has 7 heteroatoms. The van der Waals surface area contributed by atoms with Gasteiger partial charge in [-0.15, -0.1) is 10.2 Å². The van der Waals surface area contributed by atoms with Crippen molar-refractivity contribution in [1.29, 1.82) is 0 Å². The molecule has 0 bridgehead atoms. The van der Waals surface area contributed by atoms with E-state index in [9.17, 15) is 4.79 Å². The fourth-order valence-electron chi connectivity index (χ4n) is 2.88. The van der Waals surface area contributed by atoms with Crippen LogP contribution < -0.4 is 14.8 Å². The molecule has 1 aromatic heterocycles. The van der Waals surface area contributed by atoms with Crippen molar-refractivity contribution < 1.29 is 14.3 Å². The molecule has 1 aliphatic rings. The van der Waals surface area contributed by atoms with Gasteiger partial charge >= 0.3 is 0 Å². The molecule has 0 saturated heterocycles. The van der Waals surface area contributed by atoms with Crippen LogP contribution in [0.15, 0.2) is 54.6 Å². The maximum Gasteiger partial charge on any atom is 0.250 e. The zero-order valence-electron chi connectivity index (χ0n) is 15.3. The third-order valence-corrected chi connectivity index (χ3v) is 5.23. The first kappa shape index (κ1) is 18.2. The summed E-state index contributed by atoms with van der Waals surface area (Å²) in [6, 6.07) is 15.8. The Labute approximate surface area is 166 Å². The molecule has 142 valence electrons. The van der Waals surface area contributed by atoms with E-state index in [1.165, 1.54) is 23.0 Å². The van der Waals surface area contributed by atoms with Crippen LogP contribution in [0.2, 0.25) is 0 Å². The lowest BCUT2D eigenvalue weighted by Crippen LogP contribution is -2.07. The van der Waals surface area contributed by atoms with E-state index in [2.05, 4.69) is 34.6 Å². The summed E-state index contributed by atoms with van der Waals surface area (Å²) in [5.41, 5.74) is 2.11. The standard InChI is InChI=1S/C21H19N3O3S/c1-14(16-5-3-2-4-6-16)11-20-23-24-21(28-20)22-19(25)10-8-15-7-9-17-18(12-15)27-13-26-17/h2-10,12,14H,11,13H2,1H3,(H,22,24,25)/b10-8+. The maximum atomic E-state index is 12.2. The van der Waals surface area contributed by atoms with Gasteiger partial charge in [-0.25, -0.2) is 0 Å². The molecule has 0 saturated carbocycles. The van der Waals surface area contributed by atoms with Crippen LogP contribution in [0.4, 0.5) is 5.13 Å². The summed E-state index contributed by atoms with van der Waals surface area (Å²) >= 11 is 1.40. The number of ether oxygens (including phenoxy) is 2. The van der Waals surface area contributed by atoms with Gasteiger partial charge in [-0.3, -0.25) is 10.1 Å². The molecule has 0 aliphatic carbocycles. The summed E-state index contributed by atoms with van der Waals surface area (Å²) in [5, 5.41) is 12.4. The van der Waals surface area contributed by atoms with Gasteiger partial charge in [0.2, 0.25) is 17.8 Å². The predicted molar refractivity (Wildman–Crippen MR) is 109 cm³/mol. The van der Waals surface area contributed by atoms with Crippen molar-refractivity contribution in [3.63, 3.8) is 0 Å². The average molecular weight is 393 g/mol. The van der Waals surface area contributed by atoms with Crippen molar-refractivity contribution in [2.24, 2.45) is 0 Å². The molecule has 1 unspecified atom stereocenters. The van der Waals surface area contributed by atoms with Gasteiger partial charge in [-0.1, -0.05) is 54.7 Å². The van der Waals surface area contributed by atoms with E-state index in [4.69, 9.17) is 9.47 Å². The van der Waals surface area contributed by atoms with Crippen molar-refractivity contribution >= 4 is 28.5 Å². The van der Waals surface area contributed by atoms with Crippen LogP contribution in [0.1, 0.15) is 29.0 Å². The molecule has 3 aromatic rings. The smallest absolute Gasteiger partial charge is 0.250 e. The second-order valence-electron chi connectivity index (χ2n) is 6.45. The Hall–Kier alpha value is -3.19. The van der Waals surface area contributed by atoms with Crippen molar-refractivity contribution in [3.8, 4) is 11.5 Å². The molecular formula is C21H19N3O3S. The second kappa shape index (κ2) is 8.22. The summed E-state index contributed by atoms with van der Waals surface area (Å²) < 4.78 is 10.6. The van der Waals surface area contributed by atoms with E-state index in [-0.39, 0.29) is 12.7 Å². The highest BCUT2D eigenvalue weighted by Gasteiger charge is 2.13. The summed E-state index contributed by atoms with van der Waals surface area (Å²) in [5.74, 6) is 1.48. The van der Waals surface area contributed by atoms with Crippen molar-refractivity contribution in [2.45, 2.75) is 19.3 Å². The van der Waals surface area contributed by atoms with E-state index in [1.54, 1.807) is 6.08 Å². The number of benzene rings is 2. The normalized spacial score (nSPS) is 13.6. The summed E-state index contributed by atoms with van der Waals surface area (Å²) in [6.45, 7) is 2.38. The number of nitrogens with one attached hydrogen (secondary N) is 1. The first-order chi connectivity index (χ1) is 13.7. The van der Waals surface area contributed by atoms with Gasteiger partial charge in [0, 0.05) is 12.5 Å². The highest BCUT2D eigenvalue weighted by molar-refractivity contribution is 7.15. The number of aromatic nitrogens is 2. The molecule has 0 radical (unpaired) electrons. The van der Waals surface area contributed by atoms with Gasteiger partial charge in [0.05, 0.1) is 0 Å². The zero-order valence-corrected chi connectivity index (χ0v) is 16.1.